The third-order valence-corrected chi connectivity index (χ3v) is 8.62. The highest BCUT2D eigenvalue weighted by molar-refractivity contribution is 8.00. The zero-order valence-electron chi connectivity index (χ0n) is 19.7. The third kappa shape index (κ3) is 4.09. The Kier molecular flexibility index (Phi) is 6.11. The zero-order chi connectivity index (χ0) is 24.0. The number of anilines is 1. The second kappa shape index (κ2) is 9.07. The molecule has 1 amide bonds. The van der Waals surface area contributed by atoms with E-state index in [1.54, 1.807) is 32.9 Å². The van der Waals surface area contributed by atoms with E-state index in [0.717, 1.165) is 58.5 Å². The molecule has 4 aromatic heterocycles. The number of aromatic nitrogens is 4. The number of thioether (sulfide) groups is 1. The van der Waals surface area contributed by atoms with Crippen LogP contribution in [0, 0.1) is 13.8 Å². The first-order chi connectivity index (χ1) is 16.3. The van der Waals surface area contributed by atoms with Gasteiger partial charge < -0.3 is 9.73 Å². The standard InChI is InChI=1S/C24H27N5O3S2/c1-13-20(14(2)28(4)27-13)25-21(30)15(3)33-24-26-22-19(17-9-5-6-10-18(17)34-22)23(31)29(24)12-16-8-7-11-32-16/h7-8,11,15H,5-6,9-10,12H2,1-4H3,(H,25,30). The molecule has 0 spiro atoms. The highest BCUT2D eigenvalue weighted by Crippen LogP contribution is 2.35. The lowest BCUT2D eigenvalue weighted by atomic mass is 9.97. The summed E-state index contributed by atoms with van der Waals surface area (Å²) in [6.45, 7) is 5.89. The van der Waals surface area contributed by atoms with Gasteiger partial charge in [-0.05, 0) is 64.2 Å². The van der Waals surface area contributed by atoms with Crippen LogP contribution in [0.25, 0.3) is 10.2 Å². The molecule has 0 radical (unpaired) electrons. The van der Waals surface area contributed by atoms with E-state index in [9.17, 15) is 9.59 Å². The van der Waals surface area contributed by atoms with Crippen molar-refractivity contribution in [3.8, 4) is 0 Å². The van der Waals surface area contributed by atoms with Gasteiger partial charge in [0.1, 0.15) is 10.6 Å². The largest absolute Gasteiger partial charge is 0.467 e. The van der Waals surface area contributed by atoms with Crippen LogP contribution in [-0.2, 0) is 31.2 Å². The number of fused-ring (bicyclic) bond motifs is 3. The van der Waals surface area contributed by atoms with Gasteiger partial charge in [0.15, 0.2) is 5.16 Å². The fourth-order valence-corrected chi connectivity index (χ4v) is 6.61. The molecule has 0 fully saturated rings. The Morgan fingerprint density at radius 3 is 2.82 bits per heavy atom. The van der Waals surface area contributed by atoms with Gasteiger partial charge in [-0.1, -0.05) is 11.8 Å². The van der Waals surface area contributed by atoms with Crippen LogP contribution in [0.1, 0.15) is 47.4 Å². The maximum Gasteiger partial charge on any atom is 0.263 e. The molecule has 178 valence electrons. The lowest BCUT2D eigenvalue weighted by Gasteiger charge is -2.16. The molecule has 0 bridgehead atoms. The van der Waals surface area contributed by atoms with Gasteiger partial charge in [0, 0.05) is 11.9 Å². The van der Waals surface area contributed by atoms with E-state index < -0.39 is 5.25 Å². The van der Waals surface area contributed by atoms with Crippen LogP contribution in [0.4, 0.5) is 5.69 Å². The molecular formula is C24H27N5O3S2. The smallest absolute Gasteiger partial charge is 0.263 e. The third-order valence-electron chi connectivity index (χ3n) is 6.34. The summed E-state index contributed by atoms with van der Waals surface area (Å²) in [4.78, 5) is 33.7. The Bertz CT molecular complexity index is 1430. The summed E-state index contributed by atoms with van der Waals surface area (Å²) in [5.74, 6) is 0.515. The Hall–Kier alpha value is -2.85. The molecule has 1 N–H and O–H groups in total. The molecule has 0 saturated heterocycles. The predicted octanol–water partition coefficient (Wildman–Crippen LogP) is 4.45. The van der Waals surface area contributed by atoms with Crippen molar-refractivity contribution in [2.75, 3.05) is 5.32 Å². The number of carbonyl (C=O) groups is 1. The topological polar surface area (TPSA) is 95.0 Å². The van der Waals surface area contributed by atoms with Crippen LogP contribution >= 0.6 is 23.1 Å². The summed E-state index contributed by atoms with van der Waals surface area (Å²) in [6.07, 6.45) is 5.76. The molecule has 1 aliphatic carbocycles. The van der Waals surface area contributed by atoms with Crippen molar-refractivity contribution in [3.63, 3.8) is 0 Å². The van der Waals surface area contributed by atoms with Gasteiger partial charge in [-0.2, -0.15) is 5.10 Å². The van der Waals surface area contributed by atoms with Gasteiger partial charge in [0.2, 0.25) is 5.91 Å². The molecule has 0 aromatic carbocycles. The number of hydrogen-bond acceptors (Lipinski definition) is 7. The van der Waals surface area contributed by atoms with Gasteiger partial charge in [0.25, 0.3) is 5.56 Å². The number of furan rings is 1. The molecule has 8 nitrogen and oxygen atoms in total. The predicted molar refractivity (Wildman–Crippen MR) is 135 cm³/mol. The highest BCUT2D eigenvalue weighted by Gasteiger charge is 2.25. The Labute approximate surface area is 205 Å². The number of thiophene rings is 1. The van der Waals surface area contributed by atoms with Crippen molar-refractivity contribution < 1.29 is 9.21 Å². The van der Waals surface area contributed by atoms with Crippen molar-refractivity contribution in [2.45, 2.75) is 63.4 Å². The highest BCUT2D eigenvalue weighted by atomic mass is 32.2. The molecule has 10 heteroatoms. The molecule has 4 heterocycles. The number of amides is 1. The molecule has 4 aromatic rings. The Morgan fingerprint density at radius 1 is 1.32 bits per heavy atom. The van der Waals surface area contributed by atoms with E-state index in [1.807, 2.05) is 33.9 Å². The molecular weight excluding hydrogens is 470 g/mol. The van der Waals surface area contributed by atoms with Crippen LogP contribution in [0.3, 0.4) is 0 Å². The quantitative estimate of drug-likeness (QED) is 0.312. The van der Waals surface area contributed by atoms with Crippen LogP contribution in [0.15, 0.2) is 32.8 Å². The number of nitrogens with zero attached hydrogens (tertiary/aromatic N) is 4. The Balaban J connectivity index is 1.51. The van der Waals surface area contributed by atoms with Crippen LogP contribution in [0.5, 0.6) is 0 Å². The fourth-order valence-electron chi connectivity index (χ4n) is 4.40. The van der Waals surface area contributed by atoms with Crippen molar-refractivity contribution in [2.24, 2.45) is 7.05 Å². The number of aryl methyl sites for hydroxylation is 4. The second-order valence-corrected chi connectivity index (χ2v) is 11.1. The summed E-state index contributed by atoms with van der Waals surface area (Å²) >= 11 is 2.91. The minimum absolute atomic E-state index is 0.0603. The van der Waals surface area contributed by atoms with Gasteiger partial charge in [-0.25, -0.2) is 4.98 Å². The normalized spacial score (nSPS) is 14.4. The number of rotatable bonds is 6. The molecule has 1 aliphatic rings. The molecule has 34 heavy (non-hydrogen) atoms. The van der Waals surface area contributed by atoms with Crippen LogP contribution < -0.4 is 10.9 Å². The van der Waals surface area contributed by atoms with Gasteiger partial charge >= 0.3 is 0 Å². The van der Waals surface area contributed by atoms with Gasteiger partial charge in [-0.3, -0.25) is 18.8 Å². The summed E-state index contributed by atoms with van der Waals surface area (Å²) < 4.78 is 8.93. The van der Waals surface area contributed by atoms with Crippen molar-refractivity contribution in [1.29, 1.82) is 0 Å². The maximum absolute atomic E-state index is 13.7. The average molecular weight is 498 g/mol. The first-order valence-corrected chi connectivity index (χ1v) is 13.1. The van der Waals surface area contributed by atoms with E-state index >= 15 is 0 Å². The summed E-state index contributed by atoms with van der Waals surface area (Å²) in [7, 11) is 1.85. The number of nitrogens with one attached hydrogen (secondary N) is 1. The Morgan fingerprint density at radius 2 is 2.12 bits per heavy atom. The minimum Gasteiger partial charge on any atom is -0.467 e. The van der Waals surface area contributed by atoms with E-state index in [0.29, 0.717) is 10.9 Å². The van der Waals surface area contributed by atoms with Crippen LogP contribution in [-0.4, -0.2) is 30.5 Å². The van der Waals surface area contributed by atoms with E-state index in [-0.39, 0.29) is 18.0 Å². The molecule has 0 aliphatic heterocycles. The first-order valence-electron chi connectivity index (χ1n) is 11.4. The lowest BCUT2D eigenvalue weighted by molar-refractivity contribution is -0.115. The van der Waals surface area contributed by atoms with Crippen molar-refractivity contribution in [1.82, 2.24) is 19.3 Å². The molecule has 5 rings (SSSR count). The molecule has 0 saturated carbocycles. The number of carbonyl (C=O) groups excluding carboxylic acids is 1. The summed E-state index contributed by atoms with van der Waals surface area (Å²) in [5.41, 5.74) is 3.48. The van der Waals surface area contributed by atoms with E-state index in [2.05, 4.69) is 10.4 Å². The SMILES string of the molecule is Cc1nn(C)c(C)c1NC(=O)C(C)Sc1nc2sc3c(c2c(=O)n1Cc1ccco1)CCCC3. The lowest BCUT2D eigenvalue weighted by Crippen LogP contribution is -2.27. The first kappa shape index (κ1) is 22.9. The maximum atomic E-state index is 13.7. The monoisotopic (exact) mass is 497 g/mol. The fraction of sp³-hybridized carbons (Fsp3) is 0.417. The van der Waals surface area contributed by atoms with Gasteiger partial charge in [0.05, 0.1) is 40.5 Å². The van der Waals surface area contributed by atoms with Crippen molar-refractivity contribution in [3.05, 3.63) is 56.3 Å². The zero-order valence-corrected chi connectivity index (χ0v) is 21.3. The average Bonchev–Trinajstić information content (AvgIpc) is 3.51. The van der Waals surface area contributed by atoms with E-state index in [1.165, 1.54) is 16.6 Å². The number of hydrogen-bond donors (Lipinski definition) is 1. The van der Waals surface area contributed by atoms with Gasteiger partial charge in [-0.15, -0.1) is 11.3 Å². The van der Waals surface area contributed by atoms with Crippen molar-refractivity contribution >= 4 is 44.9 Å². The summed E-state index contributed by atoms with van der Waals surface area (Å²) in [5, 5.41) is 8.15. The van der Waals surface area contributed by atoms with Crippen LogP contribution in [0.2, 0.25) is 0 Å². The summed E-state index contributed by atoms with van der Waals surface area (Å²) in [6, 6.07) is 3.65. The molecule has 1 unspecified atom stereocenters. The van der Waals surface area contributed by atoms with E-state index in [4.69, 9.17) is 9.40 Å². The minimum atomic E-state index is -0.471. The molecule has 1 atom stereocenters. The second-order valence-electron chi connectivity index (χ2n) is 8.67.